The molecule has 2 aromatic rings. The number of amides is 1. The first-order chi connectivity index (χ1) is 13.2. The van der Waals surface area contributed by atoms with E-state index in [9.17, 15) is 17.6 Å². The molecule has 1 atom stereocenters. The molecule has 2 aromatic carbocycles. The van der Waals surface area contributed by atoms with Crippen LogP contribution in [0.1, 0.15) is 25.8 Å². The molecule has 0 aliphatic rings. The molecular formula is C20H25FN2O4S. The summed E-state index contributed by atoms with van der Waals surface area (Å²) in [5, 5.41) is 0. The van der Waals surface area contributed by atoms with E-state index in [0.29, 0.717) is 17.7 Å². The number of hydrogen-bond acceptors (Lipinski definition) is 4. The van der Waals surface area contributed by atoms with Crippen LogP contribution in [0.3, 0.4) is 0 Å². The summed E-state index contributed by atoms with van der Waals surface area (Å²) in [5.74, 6) is -0.320. The van der Waals surface area contributed by atoms with Crippen molar-refractivity contribution in [3.05, 3.63) is 59.9 Å². The van der Waals surface area contributed by atoms with Crippen molar-refractivity contribution in [1.29, 1.82) is 0 Å². The number of nitrogens with one attached hydrogen (secondary N) is 1. The van der Waals surface area contributed by atoms with Gasteiger partial charge in [0.1, 0.15) is 11.6 Å². The van der Waals surface area contributed by atoms with Gasteiger partial charge in [0.25, 0.3) is 5.91 Å². The van der Waals surface area contributed by atoms with E-state index in [1.807, 2.05) is 6.92 Å². The van der Waals surface area contributed by atoms with Gasteiger partial charge in [-0.3, -0.25) is 4.79 Å². The SMILES string of the molecule is CC[C@@H](C)NS(=O)(=O)c1ccc(OCC(=O)N(C)Cc2ccccc2F)cc1. The van der Waals surface area contributed by atoms with Gasteiger partial charge in [-0.2, -0.15) is 0 Å². The van der Waals surface area contributed by atoms with Crippen LogP contribution >= 0.6 is 0 Å². The minimum absolute atomic E-state index is 0.128. The minimum atomic E-state index is -3.59. The topological polar surface area (TPSA) is 75.7 Å². The highest BCUT2D eigenvalue weighted by Crippen LogP contribution is 2.17. The number of nitrogens with zero attached hydrogens (tertiary/aromatic N) is 1. The molecule has 0 saturated carbocycles. The fourth-order valence-corrected chi connectivity index (χ4v) is 3.68. The summed E-state index contributed by atoms with van der Waals surface area (Å²) >= 11 is 0. The highest BCUT2D eigenvalue weighted by Gasteiger charge is 2.17. The number of hydrogen-bond donors (Lipinski definition) is 1. The predicted molar refractivity (Wildman–Crippen MR) is 105 cm³/mol. The van der Waals surface area contributed by atoms with Crippen molar-refractivity contribution in [3.8, 4) is 5.75 Å². The predicted octanol–water partition coefficient (Wildman–Crippen LogP) is 2.94. The maximum absolute atomic E-state index is 13.7. The van der Waals surface area contributed by atoms with Crippen molar-refractivity contribution in [2.75, 3.05) is 13.7 Å². The van der Waals surface area contributed by atoms with E-state index in [2.05, 4.69) is 4.72 Å². The number of carbonyl (C=O) groups excluding carboxylic acids is 1. The Labute approximate surface area is 165 Å². The molecule has 0 aliphatic carbocycles. The molecule has 0 unspecified atom stereocenters. The Kier molecular flexibility index (Phi) is 7.53. The fourth-order valence-electron chi connectivity index (χ4n) is 2.36. The molecule has 0 heterocycles. The van der Waals surface area contributed by atoms with E-state index >= 15 is 0 Å². The summed E-state index contributed by atoms with van der Waals surface area (Å²) < 4.78 is 46.1. The molecule has 0 bridgehead atoms. The van der Waals surface area contributed by atoms with Crippen LogP contribution in [0.2, 0.25) is 0 Å². The third kappa shape index (κ3) is 6.03. The monoisotopic (exact) mass is 408 g/mol. The van der Waals surface area contributed by atoms with Crippen molar-refractivity contribution in [2.24, 2.45) is 0 Å². The zero-order chi connectivity index (χ0) is 20.7. The highest BCUT2D eigenvalue weighted by molar-refractivity contribution is 7.89. The van der Waals surface area contributed by atoms with Gasteiger partial charge in [-0.1, -0.05) is 25.1 Å². The number of likely N-dealkylation sites (N-methyl/N-ethyl adjacent to an activating group) is 1. The van der Waals surface area contributed by atoms with E-state index in [1.165, 1.54) is 35.2 Å². The first-order valence-electron chi connectivity index (χ1n) is 8.95. The molecule has 2 rings (SSSR count). The van der Waals surface area contributed by atoms with Gasteiger partial charge in [-0.25, -0.2) is 17.5 Å². The summed E-state index contributed by atoms with van der Waals surface area (Å²) in [6.45, 7) is 3.58. The number of sulfonamides is 1. The third-order valence-electron chi connectivity index (χ3n) is 4.26. The van der Waals surface area contributed by atoms with E-state index in [-0.39, 0.29) is 35.8 Å². The summed E-state index contributed by atoms with van der Waals surface area (Å²) in [5.41, 5.74) is 0.418. The number of carbonyl (C=O) groups is 1. The first-order valence-corrected chi connectivity index (χ1v) is 10.4. The second kappa shape index (κ2) is 9.66. The molecule has 0 radical (unpaired) electrons. The smallest absolute Gasteiger partial charge is 0.260 e. The Morgan fingerprint density at radius 1 is 1.18 bits per heavy atom. The normalized spacial score (nSPS) is 12.4. The second-order valence-electron chi connectivity index (χ2n) is 6.53. The van der Waals surface area contributed by atoms with Gasteiger partial charge in [0, 0.05) is 25.2 Å². The lowest BCUT2D eigenvalue weighted by Crippen LogP contribution is -2.32. The Bertz CT molecular complexity index is 901. The summed E-state index contributed by atoms with van der Waals surface area (Å²) in [4.78, 5) is 13.7. The molecule has 0 spiro atoms. The lowest BCUT2D eigenvalue weighted by molar-refractivity contribution is -0.132. The average Bonchev–Trinajstić information content (AvgIpc) is 2.67. The fraction of sp³-hybridized carbons (Fsp3) is 0.350. The summed E-state index contributed by atoms with van der Waals surface area (Å²) in [6, 6.07) is 11.9. The summed E-state index contributed by atoms with van der Waals surface area (Å²) in [7, 11) is -2.02. The van der Waals surface area contributed by atoms with Crippen LogP contribution in [0.4, 0.5) is 4.39 Å². The van der Waals surface area contributed by atoms with E-state index in [4.69, 9.17) is 4.74 Å². The maximum atomic E-state index is 13.7. The van der Waals surface area contributed by atoms with E-state index in [0.717, 1.165) is 0 Å². The van der Waals surface area contributed by atoms with Crippen LogP contribution in [0.15, 0.2) is 53.4 Å². The van der Waals surface area contributed by atoms with Crippen molar-refractivity contribution in [3.63, 3.8) is 0 Å². The van der Waals surface area contributed by atoms with E-state index < -0.39 is 10.0 Å². The molecule has 0 saturated heterocycles. The van der Waals surface area contributed by atoms with Gasteiger partial charge in [0.2, 0.25) is 10.0 Å². The van der Waals surface area contributed by atoms with Gasteiger partial charge in [-0.15, -0.1) is 0 Å². The molecule has 8 heteroatoms. The largest absolute Gasteiger partial charge is 0.484 e. The number of rotatable bonds is 9. The minimum Gasteiger partial charge on any atom is -0.484 e. The molecular weight excluding hydrogens is 383 g/mol. The molecule has 0 aliphatic heterocycles. The molecule has 1 N–H and O–H groups in total. The van der Waals surface area contributed by atoms with Crippen molar-refractivity contribution in [1.82, 2.24) is 9.62 Å². The van der Waals surface area contributed by atoms with E-state index in [1.54, 1.807) is 32.2 Å². The Balaban J connectivity index is 1.92. The Hall–Kier alpha value is -2.45. The molecule has 1 amide bonds. The van der Waals surface area contributed by atoms with Crippen molar-refractivity contribution in [2.45, 2.75) is 37.8 Å². The quantitative estimate of drug-likeness (QED) is 0.692. The standard InChI is InChI=1S/C20H25FN2O4S/c1-4-15(2)22-28(25,26)18-11-9-17(10-12-18)27-14-20(24)23(3)13-16-7-5-6-8-19(16)21/h5-12,15,22H,4,13-14H2,1-3H3/t15-/m1/s1. The van der Waals surface area contributed by atoms with Gasteiger partial charge in [0.15, 0.2) is 6.61 Å². The van der Waals surface area contributed by atoms with Crippen molar-refractivity contribution >= 4 is 15.9 Å². The third-order valence-corrected chi connectivity index (χ3v) is 5.86. The van der Waals surface area contributed by atoms with Gasteiger partial charge in [0.05, 0.1) is 4.90 Å². The van der Waals surface area contributed by atoms with Gasteiger partial charge >= 0.3 is 0 Å². The van der Waals surface area contributed by atoms with Crippen LogP contribution < -0.4 is 9.46 Å². The average molecular weight is 408 g/mol. The molecule has 28 heavy (non-hydrogen) atoms. The maximum Gasteiger partial charge on any atom is 0.260 e. The lowest BCUT2D eigenvalue weighted by Gasteiger charge is -2.18. The van der Waals surface area contributed by atoms with Crippen LogP contribution in [-0.2, 0) is 21.4 Å². The summed E-state index contributed by atoms with van der Waals surface area (Å²) in [6.07, 6.45) is 0.683. The molecule has 152 valence electrons. The zero-order valence-corrected chi connectivity index (χ0v) is 17.0. The molecule has 6 nitrogen and oxygen atoms in total. The zero-order valence-electron chi connectivity index (χ0n) is 16.2. The highest BCUT2D eigenvalue weighted by atomic mass is 32.2. The van der Waals surface area contributed by atoms with Crippen LogP contribution in [-0.4, -0.2) is 38.9 Å². The number of ether oxygens (including phenoxy) is 1. The van der Waals surface area contributed by atoms with Gasteiger partial charge in [-0.05, 0) is 43.7 Å². The Morgan fingerprint density at radius 2 is 1.82 bits per heavy atom. The molecule has 0 aromatic heterocycles. The van der Waals surface area contributed by atoms with Crippen LogP contribution in [0.5, 0.6) is 5.75 Å². The van der Waals surface area contributed by atoms with Crippen LogP contribution in [0, 0.1) is 5.82 Å². The number of halogens is 1. The Morgan fingerprint density at radius 3 is 2.43 bits per heavy atom. The molecule has 0 fully saturated rings. The van der Waals surface area contributed by atoms with Crippen molar-refractivity contribution < 1.29 is 22.3 Å². The van der Waals surface area contributed by atoms with Crippen LogP contribution in [0.25, 0.3) is 0 Å². The number of benzene rings is 2. The lowest BCUT2D eigenvalue weighted by atomic mass is 10.2. The second-order valence-corrected chi connectivity index (χ2v) is 8.25. The van der Waals surface area contributed by atoms with Gasteiger partial charge < -0.3 is 9.64 Å². The first kappa shape index (κ1) is 21.8.